The Hall–Kier alpha value is -6.84. The maximum atomic E-state index is 6.93. The van der Waals surface area contributed by atoms with Crippen LogP contribution in [0.4, 0.5) is 11.4 Å². The molecule has 2 unspecified atom stereocenters. The van der Waals surface area contributed by atoms with E-state index in [1.807, 2.05) is 6.07 Å². The number of furan rings is 2. The highest BCUT2D eigenvalue weighted by Crippen LogP contribution is 2.50. The second-order valence-corrected chi connectivity index (χ2v) is 17.3. The van der Waals surface area contributed by atoms with Crippen LogP contribution in [0.2, 0.25) is 0 Å². The molecule has 2 atom stereocenters. The van der Waals surface area contributed by atoms with E-state index in [1.54, 1.807) is 0 Å². The molecule has 3 aliphatic carbocycles. The summed E-state index contributed by atoms with van der Waals surface area (Å²) in [6.45, 7) is 7.00. The molecule has 7 aromatic carbocycles. The van der Waals surface area contributed by atoms with Crippen molar-refractivity contribution < 1.29 is 8.83 Å². The van der Waals surface area contributed by atoms with Gasteiger partial charge in [0.2, 0.25) is 0 Å². The third-order valence-electron chi connectivity index (χ3n) is 13.3. The summed E-state index contributed by atoms with van der Waals surface area (Å²) < 4.78 is 13.4. The lowest BCUT2D eigenvalue weighted by Gasteiger charge is -2.34. The number of hydrogen-bond donors (Lipinski definition) is 0. The maximum absolute atomic E-state index is 6.93. The normalized spacial score (nSPS) is 17.7. The van der Waals surface area contributed by atoms with E-state index in [9.17, 15) is 0 Å². The number of hydrogen-bond acceptors (Lipinski definition) is 3. The molecule has 0 saturated heterocycles. The lowest BCUT2D eigenvalue weighted by molar-refractivity contribution is 0.660. The van der Waals surface area contributed by atoms with Crippen LogP contribution >= 0.6 is 0 Å². The number of para-hydroxylation sites is 1. The molecule has 0 radical (unpaired) electrons. The predicted molar refractivity (Wildman–Crippen MR) is 247 cm³/mol. The molecule has 12 rings (SSSR count). The van der Waals surface area contributed by atoms with Crippen molar-refractivity contribution in [2.24, 2.45) is 5.92 Å². The maximum Gasteiger partial charge on any atom is 0.144 e. The van der Waals surface area contributed by atoms with Gasteiger partial charge in [0.25, 0.3) is 0 Å². The van der Waals surface area contributed by atoms with Crippen molar-refractivity contribution >= 4 is 73.0 Å². The molecule has 59 heavy (non-hydrogen) atoms. The van der Waals surface area contributed by atoms with Gasteiger partial charge in [0.1, 0.15) is 22.3 Å². The zero-order chi connectivity index (χ0) is 39.4. The van der Waals surface area contributed by atoms with Crippen LogP contribution in [0.15, 0.2) is 167 Å². The summed E-state index contributed by atoms with van der Waals surface area (Å²) in [6.07, 6.45) is 13.7. The highest BCUT2D eigenvalue weighted by atomic mass is 16.3. The Kier molecular flexibility index (Phi) is 7.44. The van der Waals surface area contributed by atoms with Gasteiger partial charge in [-0.15, -0.1) is 0 Å². The lowest BCUT2D eigenvalue weighted by Crippen LogP contribution is -2.37. The second-order valence-electron chi connectivity index (χ2n) is 17.3. The highest BCUT2D eigenvalue weighted by Gasteiger charge is 2.36. The summed E-state index contributed by atoms with van der Waals surface area (Å²) in [5, 5.41) is 6.99. The number of allylic oxidation sites excluding steroid dienone is 4. The molecule has 2 aromatic heterocycles. The molecule has 9 aromatic rings. The van der Waals surface area contributed by atoms with Crippen molar-refractivity contribution in [1.29, 1.82) is 0 Å². The van der Waals surface area contributed by atoms with E-state index in [1.165, 1.54) is 49.6 Å². The fourth-order valence-electron chi connectivity index (χ4n) is 10.3. The first kappa shape index (κ1) is 34.2. The third kappa shape index (κ3) is 5.27. The first-order valence-electron chi connectivity index (χ1n) is 21.0. The molecule has 0 saturated carbocycles. The van der Waals surface area contributed by atoms with Crippen molar-refractivity contribution in [1.82, 2.24) is 0 Å². The van der Waals surface area contributed by atoms with Crippen molar-refractivity contribution in [3.05, 3.63) is 185 Å². The van der Waals surface area contributed by atoms with Crippen molar-refractivity contribution in [2.45, 2.75) is 45.1 Å². The van der Waals surface area contributed by atoms with Crippen LogP contribution < -0.4 is 15.3 Å². The molecule has 0 aliphatic heterocycles. The van der Waals surface area contributed by atoms with Crippen LogP contribution in [-0.4, -0.2) is 6.04 Å². The van der Waals surface area contributed by atoms with Crippen LogP contribution in [0.5, 0.6) is 0 Å². The molecule has 0 N–H and O–H groups in total. The van der Waals surface area contributed by atoms with Crippen molar-refractivity contribution in [3.63, 3.8) is 0 Å². The zero-order valence-corrected chi connectivity index (χ0v) is 33.5. The van der Waals surface area contributed by atoms with E-state index in [-0.39, 0.29) is 11.5 Å². The zero-order valence-electron chi connectivity index (χ0n) is 33.5. The predicted octanol–water partition coefficient (Wildman–Crippen LogP) is 13.6. The Morgan fingerprint density at radius 2 is 1.34 bits per heavy atom. The molecule has 3 heteroatoms. The van der Waals surface area contributed by atoms with Crippen LogP contribution in [-0.2, 0) is 5.41 Å². The van der Waals surface area contributed by atoms with E-state index in [4.69, 9.17) is 8.83 Å². The molecular formula is C56H43NO2. The molecule has 2 heterocycles. The molecule has 3 nitrogen and oxygen atoms in total. The monoisotopic (exact) mass is 761 g/mol. The van der Waals surface area contributed by atoms with Gasteiger partial charge in [-0.1, -0.05) is 142 Å². The van der Waals surface area contributed by atoms with Gasteiger partial charge in [-0.05, 0) is 117 Å². The summed E-state index contributed by atoms with van der Waals surface area (Å²) >= 11 is 0. The average molecular weight is 762 g/mol. The van der Waals surface area contributed by atoms with E-state index < -0.39 is 0 Å². The summed E-state index contributed by atoms with van der Waals surface area (Å²) in [7, 11) is 0. The summed E-state index contributed by atoms with van der Waals surface area (Å²) in [5.41, 5.74) is 15.9. The Labute approximate surface area is 343 Å². The topological polar surface area (TPSA) is 29.5 Å². The molecule has 0 bridgehead atoms. The molecule has 0 fully saturated rings. The fraction of sp³-hybridized carbons (Fsp3) is 0.143. The highest BCUT2D eigenvalue weighted by molar-refractivity contribution is 6.21. The van der Waals surface area contributed by atoms with E-state index in [0.717, 1.165) is 73.4 Å². The smallest absolute Gasteiger partial charge is 0.144 e. The third-order valence-corrected chi connectivity index (χ3v) is 13.3. The standard InChI is InChI=1S/C56H43NO2/c1-34-11-10-14-39(29-34)53-54-46-16-7-9-18-50(46)58-52(54)33-47-45-27-22-38(31-51(45)59-55(47)53)36-19-23-40(24-20-36)57(41-25-21-35-12-4-5-13-37(35)30-41)42-26-28-44-43-15-6-8-17-48(43)56(2,3)49(44)32-42/h4-10,12-24,26-34,41H,11,25H2,1-3H3. The van der Waals surface area contributed by atoms with Gasteiger partial charge in [0, 0.05) is 43.9 Å². The Bertz CT molecular complexity index is 3390. The van der Waals surface area contributed by atoms with Gasteiger partial charge in [-0.2, -0.15) is 0 Å². The molecule has 0 amide bonds. The molecule has 284 valence electrons. The van der Waals surface area contributed by atoms with Crippen LogP contribution in [0, 0.1) is 5.92 Å². The summed E-state index contributed by atoms with van der Waals surface area (Å²) in [4.78, 5) is 2.54. The number of benzene rings is 7. The van der Waals surface area contributed by atoms with Crippen molar-refractivity contribution in [3.8, 4) is 22.3 Å². The molecule has 0 spiro atoms. The Morgan fingerprint density at radius 1 is 0.576 bits per heavy atom. The molecular weight excluding hydrogens is 719 g/mol. The Morgan fingerprint density at radius 3 is 2.22 bits per heavy atom. The second kappa shape index (κ2) is 12.8. The van der Waals surface area contributed by atoms with Crippen LogP contribution in [0.25, 0.3) is 83.9 Å². The van der Waals surface area contributed by atoms with Crippen LogP contribution in [0.1, 0.15) is 50.3 Å². The minimum Gasteiger partial charge on any atom is -0.456 e. The largest absolute Gasteiger partial charge is 0.456 e. The number of fused-ring (bicyclic) bond motifs is 10. The minimum atomic E-state index is -0.0807. The number of rotatable bonds is 5. The summed E-state index contributed by atoms with van der Waals surface area (Å²) in [5.74, 6) is 0.449. The Balaban J connectivity index is 0.966. The van der Waals surface area contributed by atoms with Gasteiger partial charge in [0.15, 0.2) is 0 Å². The first-order valence-corrected chi connectivity index (χ1v) is 21.0. The van der Waals surface area contributed by atoms with Gasteiger partial charge >= 0.3 is 0 Å². The van der Waals surface area contributed by atoms with Gasteiger partial charge in [0.05, 0.1) is 6.04 Å². The number of nitrogens with zero attached hydrogens (tertiary/aromatic N) is 1. The van der Waals surface area contributed by atoms with Gasteiger partial charge < -0.3 is 13.7 Å². The average Bonchev–Trinajstić information content (AvgIpc) is 3.90. The van der Waals surface area contributed by atoms with E-state index in [2.05, 4.69) is 190 Å². The summed E-state index contributed by atoms with van der Waals surface area (Å²) in [6, 6.07) is 51.2. The SMILES string of the molecule is CC1C=C(c2c3oc4cc(-c5ccc(N(c6ccc7c(c6)C(C)(C)c6ccccc6-7)C6C=c7ccccc7=CC6)cc5)ccc4c3cc3oc4ccccc4c23)C=CC1. The number of anilines is 2. The quantitative estimate of drug-likeness (QED) is 0.175. The lowest BCUT2D eigenvalue weighted by atomic mass is 9.82. The van der Waals surface area contributed by atoms with Gasteiger partial charge in [-0.3, -0.25) is 0 Å². The fourth-order valence-corrected chi connectivity index (χ4v) is 10.3. The van der Waals surface area contributed by atoms with Crippen molar-refractivity contribution in [2.75, 3.05) is 4.90 Å². The minimum absolute atomic E-state index is 0.0807. The van der Waals surface area contributed by atoms with E-state index in [0.29, 0.717) is 5.92 Å². The first-order chi connectivity index (χ1) is 28.9. The van der Waals surface area contributed by atoms with E-state index >= 15 is 0 Å². The molecule has 3 aliphatic rings. The van der Waals surface area contributed by atoms with Crippen LogP contribution in [0.3, 0.4) is 0 Å². The van der Waals surface area contributed by atoms with Gasteiger partial charge in [-0.25, -0.2) is 0 Å².